The van der Waals surface area contributed by atoms with Gasteiger partial charge in [-0.05, 0) is 20.4 Å². The molecule has 4 heteroatoms. The topological polar surface area (TPSA) is 54.3 Å². The first-order chi connectivity index (χ1) is 6.20. The summed E-state index contributed by atoms with van der Waals surface area (Å²) in [6, 6.07) is 2.18. The quantitative estimate of drug-likeness (QED) is 0.682. The van der Waals surface area contributed by atoms with Gasteiger partial charge in [-0.15, -0.1) is 0 Å². The van der Waals surface area contributed by atoms with Crippen LogP contribution in [0.3, 0.4) is 0 Å². The lowest BCUT2D eigenvalue weighted by Gasteiger charge is -2.22. The zero-order valence-corrected chi connectivity index (χ0v) is 8.17. The van der Waals surface area contributed by atoms with Crippen molar-refractivity contribution in [2.75, 3.05) is 26.9 Å². The Kier molecular flexibility index (Phi) is 3.67. The maximum atomic E-state index is 8.84. The molecule has 13 heavy (non-hydrogen) atoms. The van der Waals surface area contributed by atoms with Gasteiger partial charge in [-0.2, -0.15) is 5.26 Å². The average molecular weight is 184 g/mol. The third-order valence-electron chi connectivity index (χ3n) is 2.29. The predicted octanol–water partition coefficient (Wildman–Crippen LogP) is 0.294. The molecule has 74 valence electrons. The Morgan fingerprint density at radius 2 is 2.54 bits per heavy atom. The second-order valence-electron chi connectivity index (χ2n) is 3.49. The summed E-state index contributed by atoms with van der Waals surface area (Å²) in [5.41, 5.74) is -0.581. The van der Waals surface area contributed by atoms with Gasteiger partial charge in [-0.3, -0.25) is 0 Å². The van der Waals surface area contributed by atoms with Crippen LogP contribution in [0.25, 0.3) is 0 Å². The third-order valence-corrected chi connectivity index (χ3v) is 2.29. The molecule has 1 rings (SSSR count). The fourth-order valence-electron chi connectivity index (χ4n) is 1.09. The molecule has 1 N–H and O–H groups in total. The minimum Gasteiger partial charge on any atom is -0.379 e. The van der Waals surface area contributed by atoms with Gasteiger partial charge < -0.3 is 14.8 Å². The highest BCUT2D eigenvalue weighted by Gasteiger charge is 2.25. The lowest BCUT2D eigenvalue weighted by atomic mass is 10.1. The summed E-state index contributed by atoms with van der Waals surface area (Å²) in [5, 5.41) is 11.8. The van der Waals surface area contributed by atoms with Gasteiger partial charge in [0.15, 0.2) is 0 Å². The van der Waals surface area contributed by atoms with E-state index in [-0.39, 0.29) is 6.10 Å². The van der Waals surface area contributed by atoms with E-state index in [0.717, 1.165) is 13.0 Å². The average Bonchev–Trinajstić information content (AvgIpc) is 2.67. The van der Waals surface area contributed by atoms with Gasteiger partial charge in [0, 0.05) is 6.61 Å². The number of likely N-dealkylation sites (N-methyl/N-ethyl adjacent to an activating group) is 1. The second-order valence-corrected chi connectivity index (χ2v) is 3.49. The highest BCUT2D eigenvalue weighted by Crippen LogP contribution is 2.11. The Hall–Kier alpha value is -0.630. The number of hydrogen-bond acceptors (Lipinski definition) is 4. The van der Waals surface area contributed by atoms with Crippen molar-refractivity contribution >= 4 is 0 Å². The van der Waals surface area contributed by atoms with Gasteiger partial charge in [0.1, 0.15) is 5.54 Å². The summed E-state index contributed by atoms with van der Waals surface area (Å²) in [5.74, 6) is 0. The Labute approximate surface area is 78.8 Å². The normalized spacial score (nSPS) is 26.7. The van der Waals surface area contributed by atoms with E-state index in [4.69, 9.17) is 14.7 Å². The summed E-state index contributed by atoms with van der Waals surface area (Å²) < 4.78 is 10.7. The monoisotopic (exact) mass is 184 g/mol. The van der Waals surface area contributed by atoms with Crippen LogP contribution in [0.1, 0.15) is 13.3 Å². The number of nitrogens with zero attached hydrogens (tertiary/aromatic N) is 1. The summed E-state index contributed by atoms with van der Waals surface area (Å²) in [6.07, 6.45) is 1.10. The lowest BCUT2D eigenvalue weighted by Crippen LogP contribution is -2.43. The molecule has 4 nitrogen and oxygen atoms in total. The minimum absolute atomic E-state index is 0.168. The largest absolute Gasteiger partial charge is 0.379 e. The molecule has 0 spiro atoms. The Morgan fingerprint density at radius 1 is 1.77 bits per heavy atom. The molecule has 2 unspecified atom stereocenters. The van der Waals surface area contributed by atoms with Crippen LogP contribution in [0.5, 0.6) is 0 Å². The molecule has 0 aliphatic carbocycles. The summed E-state index contributed by atoms with van der Waals surface area (Å²) >= 11 is 0. The molecule has 0 bridgehead atoms. The van der Waals surface area contributed by atoms with Crippen molar-refractivity contribution in [3.05, 3.63) is 0 Å². The summed E-state index contributed by atoms with van der Waals surface area (Å²) in [6.45, 7) is 3.66. The first kappa shape index (κ1) is 10.5. The third kappa shape index (κ3) is 2.96. The van der Waals surface area contributed by atoms with Crippen LogP contribution in [-0.2, 0) is 9.47 Å². The van der Waals surface area contributed by atoms with E-state index in [0.29, 0.717) is 13.2 Å². The zero-order chi connectivity index (χ0) is 9.73. The van der Waals surface area contributed by atoms with Gasteiger partial charge in [0.05, 0.1) is 25.4 Å². The van der Waals surface area contributed by atoms with Crippen LogP contribution in [0, 0.1) is 11.3 Å². The van der Waals surface area contributed by atoms with Crippen molar-refractivity contribution in [3.63, 3.8) is 0 Å². The van der Waals surface area contributed by atoms with Gasteiger partial charge in [-0.25, -0.2) is 0 Å². The number of nitriles is 1. The van der Waals surface area contributed by atoms with Crippen molar-refractivity contribution in [1.82, 2.24) is 5.32 Å². The molecule has 1 aliphatic rings. The number of hydrogen-bond donors (Lipinski definition) is 1. The van der Waals surface area contributed by atoms with Gasteiger partial charge in [0.25, 0.3) is 0 Å². The molecule has 0 aromatic heterocycles. The van der Waals surface area contributed by atoms with E-state index in [2.05, 4.69) is 11.4 Å². The molecular weight excluding hydrogens is 168 g/mol. The maximum absolute atomic E-state index is 8.84. The molecule has 0 aromatic rings. The van der Waals surface area contributed by atoms with Crippen molar-refractivity contribution in [3.8, 4) is 6.07 Å². The van der Waals surface area contributed by atoms with Crippen molar-refractivity contribution in [1.29, 1.82) is 5.26 Å². The SMILES string of the molecule is CNC(C)(C#N)COC1CCOC1. The first-order valence-electron chi connectivity index (χ1n) is 4.50. The van der Waals surface area contributed by atoms with Crippen LogP contribution < -0.4 is 5.32 Å². The van der Waals surface area contributed by atoms with E-state index in [1.807, 2.05) is 6.92 Å². The minimum atomic E-state index is -0.581. The van der Waals surface area contributed by atoms with Crippen LogP contribution in [0.2, 0.25) is 0 Å². The molecule has 0 aromatic carbocycles. The van der Waals surface area contributed by atoms with Crippen molar-refractivity contribution < 1.29 is 9.47 Å². The van der Waals surface area contributed by atoms with E-state index >= 15 is 0 Å². The first-order valence-corrected chi connectivity index (χ1v) is 4.50. The van der Waals surface area contributed by atoms with Gasteiger partial charge in [0.2, 0.25) is 0 Å². The fraction of sp³-hybridized carbons (Fsp3) is 0.889. The lowest BCUT2D eigenvalue weighted by molar-refractivity contribution is 0.0218. The van der Waals surface area contributed by atoms with Crippen LogP contribution >= 0.6 is 0 Å². The molecular formula is C9H16N2O2. The second kappa shape index (κ2) is 4.56. The molecule has 0 amide bonds. The molecule has 0 saturated carbocycles. The Balaban J connectivity index is 2.27. The molecule has 2 atom stereocenters. The van der Waals surface area contributed by atoms with E-state index < -0.39 is 5.54 Å². The summed E-state index contributed by atoms with van der Waals surface area (Å²) in [7, 11) is 1.76. The maximum Gasteiger partial charge on any atom is 0.127 e. The number of rotatable bonds is 4. The van der Waals surface area contributed by atoms with Gasteiger partial charge >= 0.3 is 0 Å². The highest BCUT2D eigenvalue weighted by atomic mass is 16.5. The fourth-order valence-corrected chi connectivity index (χ4v) is 1.09. The van der Waals surface area contributed by atoms with E-state index in [1.165, 1.54) is 0 Å². The highest BCUT2D eigenvalue weighted by molar-refractivity contribution is 5.03. The molecule has 0 radical (unpaired) electrons. The smallest absolute Gasteiger partial charge is 0.127 e. The Bertz CT molecular complexity index is 196. The van der Waals surface area contributed by atoms with Crippen molar-refractivity contribution in [2.45, 2.75) is 25.0 Å². The number of ether oxygens (including phenoxy) is 2. The molecule has 1 saturated heterocycles. The standard InChI is InChI=1S/C9H16N2O2/c1-9(6-10,11-2)7-13-8-3-4-12-5-8/h8,11H,3-5,7H2,1-2H3. The summed E-state index contributed by atoms with van der Waals surface area (Å²) in [4.78, 5) is 0. The zero-order valence-electron chi connectivity index (χ0n) is 8.17. The van der Waals surface area contributed by atoms with Crippen molar-refractivity contribution in [2.24, 2.45) is 0 Å². The van der Waals surface area contributed by atoms with E-state index in [1.54, 1.807) is 7.05 Å². The molecule has 1 fully saturated rings. The van der Waals surface area contributed by atoms with Gasteiger partial charge in [-0.1, -0.05) is 0 Å². The predicted molar refractivity (Wildman–Crippen MR) is 48.3 cm³/mol. The van der Waals surface area contributed by atoms with E-state index in [9.17, 15) is 0 Å². The van der Waals surface area contributed by atoms with Crippen LogP contribution in [-0.4, -0.2) is 38.5 Å². The molecule has 1 aliphatic heterocycles. The molecule has 1 heterocycles. The Morgan fingerprint density at radius 3 is 3.00 bits per heavy atom. The van der Waals surface area contributed by atoms with Crippen LogP contribution in [0.15, 0.2) is 0 Å². The van der Waals surface area contributed by atoms with Crippen LogP contribution in [0.4, 0.5) is 0 Å². The number of nitrogens with one attached hydrogen (secondary N) is 1.